The van der Waals surface area contributed by atoms with E-state index in [1.807, 2.05) is 18.2 Å². The molecule has 2 nitrogen and oxygen atoms in total. The van der Waals surface area contributed by atoms with Crippen molar-refractivity contribution in [3.63, 3.8) is 0 Å². The van der Waals surface area contributed by atoms with E-state index in [1.165, 1.54) is 38.6 Å². The van der Waals surface area contributed by atoms with E-state index in [2.05, 4.69) is 20.8 Å². The molecule has 1 aromatic carbocycles. The Labute approximate surface area is 141 Å². The van der Waals surface area contributed by atoms with Gasteiger partial charge in [0.15, 0.2) is 0 Å². The number of piperidine rings is 1. The summed E-state index contributed by atoms with van der Waals surface area (Å²) in [5.74, 6) is 0.950. The van der Waals surface area contributed by atoms with E-state index in [4.69, 9.17) is 17.3 Å². The van der Waals surface area contributed by atoms with Crippen LogP contribution < -0.4 is 5.73 Å². The molecule has 0 aromatic heterocycles. The van der Waals surface area contributed by atoms with Crippen molar-refractivity contribution in [3.05, 3.63) is 33.3 Å². The number of fused-ring (bicyclic) bond motifs is 1. The van der Waals surface area contributed by atoms with E-state index < -0.39 is 0 Å². The van der Waals surface area contributed by atoms with E-state index in [-0.39, 0.29) is 6.04 Å². The number of hydrogen-bond acceptors (Lipinski definition) is 2. The van der Waals surface area contributed by atoms with Crippen LogP contribution >= 0.6 is 27.5 Å². The predicted octanol–water partition coefficient (Wildman–Crippen LogP) is 4.76. The summed E-state index contributed by atoms with van der Waals surface area (Å²) in [4.78, 5) is 2.69. The van der Waals surface area contributed by atoms with Crippen molar-refractivity contribution in [2.45, 2.75) is 50.6 Å². The first kappa shape index (κ1) is 15.8. The summed E-state index contributed by atoms with van der Waals surface area (Å²) in [6.45, 7) is 2.36. The van der Waals surface area contributed by atoms with E-state index in [0.717, 1.165) is 40.0 Å². The number of benzene rings is 1. The highest BCUT2D eigenvalue weighted by molar-refractivity contribution is 9.10. The van der Waals surface area contributed by atoms with E-state index in [1.54, 1.807) is 0 Å². The van der Waals surface area contributed by atoms with Crippen molar-refractivity contribution in [2.24, 2.45) is 11.7 Å². The first-order chi connectivity index (χ1) is 10.1. The normalized spacial score (nSPS) is 27.6. The molecule has 0 bridgehead atoms. The van der Waals surface area contributed by atoms with Crippen molar-refractivity contribution >= 4 is 27.5 Å². The minimum Gasteiger partial charge on any atom is -0.324 e. The Hall–Kier alpha value is -0.0900. The van der Waals surface area contributed by atoms with Crippen LogP contribution in [0.3, 0.4) is 0 Å². The van der Waals surface area contributed by atoms with Gasteiger partial charge in [-0.15, -0.1) is 0 Å². The zero-order valence-electron chi connectivity index (χ0n) is 12.4. The van der Waals surface area contributed by atoms with Crippen molar-refractivity contribution < 1.29 is 0 Å². The lowest BCUT2D eigenvalue weighted by molar-refractivity contribution is 0.109. The lowest BCUT2D eigenvalue weighted by Gasteiger charge is -2.38. The summed E-state index contributed by atoms with van der Waals surface area (Å²) in [6, 6.07) is 6.87. The van der Waals surface area contributed by atoms with Crippen LogP contribution in [0.25, 0.3) is 0 Å². The van der Waals surface area contributed by atoms with Gasteiger partial charge in [-0.1, -0.05) is 40.0 Å². The Morgan fingerprint density at radius 3 is 2.90 bits per heavy atom. The Bertz CT molecular complexity index is 494. The van der Waals surface area contributed by atoms with Gasteiger partial charge in [0.2, 0.25) is 0 Å². The van der Waals surface area contributed by atoms with Crippen molar-refractivity contribution in [3.8, 4) is 0 Å². The molecule has 116 valence electrons. The summed E-state index contributed by atoms with van der Waals surface area (Å²) >= 11 is 9.76. The third-order valence-electron chi connectivity index (χ3n) is 5.20. The second-order valence-electron chi connectivity index (χ2n) is 6.50. The molecule has 3 rings (SSSR count). The van der Waals surface area contributed by atoms with Gasteiger partial charge in [-0.25, -0.2) is 0 Å². The molecule has 2 fully saturated rings. The maximum absolute atomic E-state index is 6.37. The van der Waals surface area contributed by atoms with Crippen molar-refractivity contribution in [1.29, 1.82) is 0 Å². The molecule has 21 heavy (non-hydrogen) atoms. The third kappa shape index (κ3) is 3.64. The van der Waals surface area contributed by atoms with Crippen LogP contribution in [0.15, 0.2) is 22.7 Å². The number of rotatable bonds is 4. The van der Waals surface area contributed by atoms with Gasteiger partial charge in [0.25, 0.3) is 0 Å². The SMILES string of the molecule is NC(CCN1CCCC2CCCC21)c1ccc(Br)cc1Cl. The highest BCUT2D eigenvalue weighted by Crippen LogP contribution is 2.37. The largest absolute Gasteiger partial charge is 0.324 e. The van der Waals surface area contributed by atoms with Crippen LogP contribution in [0.5, 0.6) is 0 Å². The van der Waals surface area contributed by atoms with E-state index in [9.17, 15) is 0 Å². The molecule has 2 aliphatic rings. The highest BCUT2D eigenvalue weighted by atomic mass is 79.9. The highest BCUT2D eigenvalue weighted by Gasteiger charge is 2.34. The average molecular weight is 372 g/mol. The molecular formula is C17H24BrClN2. The van der Waals surface area contributed by atoms with Gasteiger partial charge in [0, 0.05) is 28.1 Å². The van der Waals surface area contributed by atoms with Crippen molar-refractivity contribution in [2.75, 3.05) is 13.1 Å². The fourth-order valence-electron chi connectivity index (χ4n) is 4.10. The number of halogens is 2. The molecule has 1 saturated heterocycles. The van der Waals surface area contributed by atoms with Gasteiger partial charge in [-0.05, 0) is 62.3 Å². The van der Waals surface area contributed by atoms with Gasteiger partial charge in [-0.2, -0.15) is 0 Å². The van der Waals surface area contributed by atoms with Crippen LogP contribution in [0.4, 0.5) is 0 Å². The maximum atomic E-state index is 6.37. The zero-order chi connectivity index (χ0) is 14.8. The number of likely N-dealkylation sites (tertiary alicyclic amines) is 1. The molecule has 3 atom stereocenters. The van der Waals surface area contributed by atoms with Gasteiger partial charge in [0.05, 0.1) is 0 Å². The molecule has 1 aliphatic carbocycles. The molecule has 0 spiro atoms. The number of nitrogens with zero attached hydrogens (tertiary/aromatic N) is 1. The summed E-state index contributed by atoms with van der Waals surface area (Å²) in [5.41, 5.74) is 7.44. The minimum atomic E-state index is 0.0346. The van der Waals surface area contributed by atoms with Crippen LogP contribution in [-0.4, -0.2) is 24.0 Å². The van der Waals surface area contributed by atoms with Crippen LogP contribution in [-0.2, 0) is 0 Å². The molecule has 0 radical (unpaired) electrons. The van der Waals surface area contributed by atoms with Crippen LogP contribution in [0.2, 0.25) is 5.02 Å². The summed E-state index contributed by atoms with van der Waals surface area (Å²) < 4.78 is 1.01. The monoisotopic (exact) mass is 370 g/mol. The first-order valence-electron chi connectivity index (χ1n) is 8.09. The quantitative estimate of drug-likeness (QED) is 0.827. The lowest BCUT2D eigenvalue weighted by Crippen LogP contribution is -2.43. The predicted molar refractivity (Wildman–Crippen MR) is 92.6 cm³/mol. The average Bonchev–Trinajstić information content (AvgIpc) is 2.93. The Morgan fingerprint density at radius 1 is 1.29 bits per heavy atom. The Morgan fingerprint density at radius 2 is 2.10 bits per heavy atom. The maximum Gasteiger partial charge on any atom is 0.0464 e. The molecule has 2 N–H and O–H groups in total. The molecule has 0 amide bonds. The molecule has 1 aromatic rings. The van der Waals surface area contributed by atoms with Gasteiger partial charge in [0.1, 0.15) is 0 Å². The summed E-state index contributed by atoms with van der Waals surface area (Å²) in [6.07, 6.45) is 8.02. The smallest absolute Gasteiger partial charge is 0.0464 e. The third-order valence-corrected chi connectivity index (χ3v) is 6.02. The Balaban J connectivity index is 1.59. The molecule has 1 saturated carbocycles. The second-order valence-corrected chi connectivity index (χ2v) is 7.82. The molecule has 1 heterocycles. The summed E-state index contributed by atoms with van der Waals surface area (Å²) in [5, 5.41) is 0.772. The van der Waals surface area contributed by atoms with Gasteiger partial charge >= 0.3 is 0 Å². The topological polar surface area (TPSA) is 29.3 Å². The first-order valence-corrected chi connectivity index (χ1v) is 9.27. The van der Waals surface area contributed by atoms with Gasteiger partial charge < -0.3 is 10.6 Å². The van der Waals surface area contributed by atoms with Crippen molar-refractivity contribution in [1.82, 2.24) is 4.90 Å². The molecule has 3 unspecified atom stereocenters. The standard InChI is InChI=1S/C17H24BrClN2/c18-13-6-7-14(15(19)11-13)16(20)8-10-21-9-2-4-12-3-1-5-17(12)21/h6-7,11-12,16-17H,1-5,8-10,20H2. The Kier molecular flexibility index (Phi) is 5.26. The number of nitrogens with two attached hydrogens (primary N) is 1. The minimum absolute atomic E-state index is 0.0346. The zero-order valence-corrected chi connectivity index (χ0v) is 14.7. The van der Waals surface area contributed by atoms with Gasteiger partial charge in [-0.3, -0.25) is 0 Å². The fraction of sp³-hybridized carbons (Fsp3) is 0.647. The second kappa shape index (κ2) is 6.99. The molecule has 4 heteroatoms. The summed E-state index contributed by atoms with van der Waals surface area (Å²) in [7, 11) is 0. The van der Waals surface area contributed by atoms with Crippen LogP contribution in [0.1, 0.15) is 50.1 Å². The van der Waals surface area contributed by atoms with E-state index >= 15 is 0 Å². The molecule has 1 aliphatic heterocycles. The molecular weight excluding hydrogens is 348 g/mol. The fourth-order valence-corrected chi connectivity index (χ4v) is 4.91. The van der Waals surface area contributed by atoms with Crippen LogP contribution in [0, 0.1) is 5.92 Å². The number of hydrogen-bond donors (Lipinski definition) is 1. The van der Waals surface area contributed by atoms with E-state index in [0.29, 0.717) is 0 Å². The lowest BCUT2D eigenvalue weighted by atomic mass is 9.91.